The highest BCUT2D eigenvalue weighted by Gasteiger charge is 2.44. The molecule has 1 heterocycles. The van der Waals surface area contributed by atoms with Crippen molar-refractivity contribution in [2.75, 3.05) is 24.6 Å². The number of hydrogen-bond acceptors (Lipinski definition) is 6. The molecule has 0 saturated heterocycles. The van der Waals surface area contributed by atoms with Crippen LogP contribution in [0.15, 0.2) is 48.6 Å². The average Bonchev–Trinajstić information content (AvgIpc) is 3.81. The van der Waals surface area contributed by atoms with Gasteiger partial charge in [0.05, 0.1) is 29.2 Å². The standard InChI is InChI=1S/C34H43ClN2O6S/c1-21(44(36,41)42)27(22-7-8-22)5-2-6-31(38)28-12-9-25(28)18-37-19-34(15-3-4-23-16-26(35)11-13-29(23)34)20-43-32-14-10-24(33(39)40)17-30(32)37/h2,6,10-11,13-14,16-17,21-22,25,27-28,31,38H,3-5,7-9,12,15,18-20H2,1H3,(H,39,40)(H2,36,41,42)/b6-2+/t21?,25-,27?,28+,31?,34-/m0/s1. The van der Waals surface area contributed by atoms with E-state index in [0.29, 0.717) is 37.8 Å². The molecule has 2 saturated carbocycles. The Kier molecular flexibility index (Phi) is 8.78. The van der Waals surface area contributed by atoms with Gasteiger partial charge in [0.1, 0.15) is 5.75 Å². The van der Waals surface area contributed by atoms with Crippen molar-refractivity contribution in [1.29, 1.82) is 0 Å². The first-order valence-electron chi connectivity index (χ1n) is 15.9. The highest BCUT2D eigenvalue weighted by atomic mass is 35.5. The molecule has 2 aromatic carbocycles. The number of nitrogens with two attached hydrogens (primary N) is 1. The van der Waals surface area contributed by atoms with E-state index in [1.807, 2.05) is 18.2 Å². The smallest absolute Gasteiger partial charge is 0.335 e. The molecule has 0 radical (unpaired) electrons. The summed E-state index contributed by atoms with van der Waals surface area (Å²) in [6.45, 7) is 3.54. The number of allylic oxidation sites excluding steroid dienone is 1. The lowest BCUT2D eigenvalue weighted by Crippen LogP contribution is -2.49. The minimum atomic E-state index is -3.62. The zero-order valence-corrected chi connectivity index (χ0v) is 26.8. The van der Waals surface area contributed by atoms with E-state index in [-0.39, 0.29) is 28.7 Å². The van der Waals surface area contributed by atoms with Gasteiger partial charge in [-0.25, -0.2) is 18.4 Å². The van der Waals surface area contributed by atoms with Gasteiger partial charge in [-0.05, 0) is 123 Å². The van der Waals surface area contributed by atoms with E-state index in [2.05, 4.69) is 17.0 Å². The molecular formula is C34H43ClN2O6S. The number of sulfonamides is 1. The Morgan fingerprint density at radius 2 is 2.00 bits per heavy atom. The number of ether oxygens (including phenoxy) is 1. The Bertz CT molecular complexity index is 1540. The average molecular weight is 643 g/mol. The van der Waals surface area contributed by atoms with Gasteiger partial charge >= 0.3 is 5.97 Å². The molecule has 1 spiro atoms. The summed E-state index contributed by atoms with van der Waals surface area (Å²) >= 11 is 6.37. The summed E-state index contributed by atoms with van der Waals surface area (Å²) < 4.78 is 30.5. The van der Waals surface area contributed by atoms with Crippen LogP contribution in [-0.2, 0) is 21.9 Å². The number of carbonyl (C=O) groups is 1. The Morgan fingerprint density at radius 1 is 1.20 bits per heavy atom. The lowest BCUT2D eigenvalue weighted by molar-refractivity contribution is 0.0455. The van der Waals surface area contributed by atoms with Crippen LogP contribution in [0.25, 0.3) is 0 Å². The molecule has 6 rings (SSSR count). The summed E-state index contributed by atoms with van der Waals surface area (Å²) in [6, 6.07) is 11.2. The monoisotopic (exact) mass is 642 g/mol. The number of aliphatic hydroxyl groups excluding tert-OH is 1. The third kappa shape index (κ3) is 6.39. The summed E-state index contributed by atoms with van der Waals surface area (Å²) in [5.74, 6) is 0.307. The first kappa shape index (κ1) is 31.4. The SMILES string of the molecule is CC(C(C/C=C/C(O)[C@@H]1CC[C@H]1CN1C[C@@]2(CCCc3cc(Cl)ccc32)COc2ccc(C(=O)O)cc21)C1CC1)S(N)(=O)=O. The topological polar surface area (TPSA) is 130 Å². The van der Waals surface area contributed by atoms with Crippen LogP contribution in [0.3, 0.4) is 0 Å². The van der Waals surface area contributed by atoms with Gasteiger partial charge in [-0.3, -0.25) is 0 Å². The number of hydrogen-bond donors (Lipinski definition) is 3. The lowest BCUT2D eigenvalue weighted by Gasteiger charge is -2.45. The number of fused-ring (bicyclic) bond motifs is 3. The number of carboxylic acid groups (broad SMARTS) is 1. The van der Waals surface area contributed by atoms with Crippen molar-refractivity contribution < 1.29 is 28.2 Å². The van der Waals surface area contributed by atoms with Crippen molar-refractivity contribution in [3.8, 4) is 5.75 Å². The van der Waals surface area contributed by atoms with Crippen LogP contribution in [-0.4, -0.2) is 55.7 Å². The predicted molar refractivity (Wildman–Crippen MR) is 172 cm³/mol. The molecule has 0 bridgehead atoms. The molecule has 238 valence electrons. The number of aryl methyl sites for hydroxylation is 1. The van der Waals surface area contributed by atoms with Crippen molar-refractivity contribution in [3.05, 3.63) is 70.3 Å². The summed E-state index contributed by atoms with van der Waals surface area (Å²) in [5, 5.41) is 26.6. The maximum absolute atomic E-state index is 12.0. The van der Waals surface area contributed by atoms with Gasteiger partial charge in [-0.2, -0.15) is 0 Å². The highest BCUT2D eigenvalue weighted by Crippen LogP contribution is 2.47. The Morgan fingerprint density at radius 3 is 2.68 bits per heavy atom. The molecule has 44 heavy (non-hydrogen) atoms. The molecule has 4 aliphatic rings. The van der Waals surface area contributed by atoms with Crippen LogP contribution >= 0.6 is 11.6 Å². The van der Waals surface area contributed by atoms with Crippen molar-refractivity contribution in [2.24, 2.45) is 28.8 Å². The second kappa shape index (κ2) is 12.3. The second-order valence-corrected chi connectivity index (χ2v) is 15.9. The van der Waals surface area contributed by atoms with Crippen molar-refractivity contribution in [2.45, 2.75) is 75.1 Å². The molecule has 3 unspecified atom stereocenters. The van der Waals surface area contributed by atoms with Crippen LogP contribution in [0.4, 0.5) is 5.69 Å². The van der Waals surface area contributed by atoms with E-state index in [9.17, 15) is 23.4 Å². The molecule has 2 aromatic rings. The van der Waals surface area contributed by atoms with Crippen LogP contribution in [0.5, 0.6) is 5.75 Å². The maximum atomic E-state index is 12.0. The van der Waals surface area contributed by atoms with E-state index in [0.717, 1.165) is 55.7 Å². The summed E-state index contributed by atoms with van der Waals surface area (Å²) in [4.78, 5) is 14.2. The first-order valence-corrected chi connectivity index (χ1v) is 17.8. The van der Waals surface area contributed by atoms with Gasteiger partial charge in [0.15, 0.2) is 0 Å². The number of benzene rings is 2. The Balaban J connectivity index is 1.22. The number of primary sulfonamides is 1. The molecule has 0 aromatic heterocycles. The number of aromatic carboxylic acids is 1. The van der Waals surface area contributed by atoms with Crippen LogP contribution < -0.4 is 14.8 Å². The Hall–Kier alpha value is -2.59. The number of rotatable bonds is 10. The number of aliphatic hydroxyl groups is 1. The van der Waals surface area contributed by atoms with Crippen LogP contribution in [0, 0.1) is 23.7 Å². The molecular weight excluding hydrogens is 600 g/mol. The number of anilines is 1. The van der Waals surface area contributed by atoms with Crippen LogP contribution in [0.2, 0.25) is 5.02 Å². The molecule has 2 fully saturated rings. The Labute approximate surface area is 265 Å². The van der Waals surface area contributed by atoms with Gasteiger partial charge in [0.2, 0.25) is 10.0 Å². The highest BCUT2D eigenvalue weighted by molar-refractivity contribution is 7.89. The van der Waals surface area contributed by atoms with Gasteiger partial charge in [-0.15, -0.1) is 0 Å². The van der Waals surface area contributed by atoms with Gasteiger partial charge < -0.3 is 19.8 Å². The van der Waals surface area contributed by atoms with E-state index >= 15 is 0 Å². The first-order chi connectivity index (χ1) is 20.9. The third-order valence-electron chi connectivity index (χ3n) is 10.7. The van der Waals surface area contributed by atoms with Gasteiger partial charge in [0.25, 0.3) is 0 Å². The van der Waals surface area contributed by atoms with Gasteiger partial charge in [-0.1, -0.05) is 29.8 Å². The minimum absolute atomic E-state index is 0.0351. The van der Waals surface area contributed by atoms with Crippen molar-refractivity contribution in [1.82, 2.24) is 0 Å². The zero-order valence-electron chi connectivity index (χ0n) is 25.2. The lowest BCUT2D eigenvalue weighted by atomic mass is 9.68. The molecule has 3 aliphatic carbocycles. The molecule has 0 amide bonds. The quantitative estimate of drug-likeness (QED) is 0.290. The number of halogens is 1. The van der Waals surface area contributed by atoms with Crippen LogP contribution in [0.1, 0.15) is 73.4 Å². The van der Waals surface area contributed by atoms with Crippen molar-refractivity contribution >= 4 is 33.3 Å². The summed E-state index contributed by atoms with van der Waals surface area (Å²) in [5.41, 5.74) is 3.22. The molecule has 6 atom stereocenters. The molecule has 8 nitrogen and oxygen atoms in total. The summed E-state index contributed by atoms with van der Waals surface area (Å²) in [7, 11) is -3.62. The number of carboxylic acids is 1. The minimum Gasteiger partial charge on any atom is -0.490 e. The fourth-order valence-electron chi connectivity index (χ4n) is 7.85. The molecule has 1 aliphatic heterocycles. The predicted octanol–water partition coefficient (Wildman–Crippen LogP) is 5.55. The largest absolute Gasteiger partial charge is 0.490 e. The van der Waals surface area contributed by atoms with E-state index < -0.39 is 27.3 Å². The van der Waals surface area contributed by atoms with E-state index in [1.54, 1.807) is 25.1 Å². The third-order valence-corrected chi connectivity index (χ3v) is 12.4. The molecule has 10 heteroatoms. The van der Waals surface area contributed by atoms with E-state index in [1.165, 1.54) is 11.1 Å². The second-order valence-electron chi connectivity index (χ2n) is 13.5. The van der Waals surface area contributed by atoms with E-state index in [4.69, 9.17) is 21.5 Å². The normalized spacial score (nSPS) is 27.0. The summed E-state index contributed by atoms with van der Waals surface area (Å²) in [6.07, 6.45) is 10.6. The molecule has 4 N–H and O–H groups in total. The zero-order chi connectivity index (χ0) is 31.2. The van der Waals surface area contributed by atoms with Gasteiger partial charge in [0, 0.05) is 23.5 Å². The van der Waals surface area contributed by atoms with Crippen molar-refractivity contribution in [3.63, 3.8) is 0 Å². The fraction of sp³-hybridized carbons (Fsp3) is 0.559. The number of nitrogens with zero attached hydrogens (tertiary/aromatic N) is 1. The fourth-order valence-corrected chi connectivity index (χ4v) is 8.87. The maximum Gasteiger partial charge on any atom is 0.335 e.